The maximum atomic E-state index is 10.9. The predicted molar refractivity (Wildman–Crippen MR) is 59.7 cm³/mol. The van der Waals surface area contributed by atoms with Crippen molar-refractivity contribution in [2.45, 2.75) is 45.4 Å². The van der Waals surface area contributed by atoms with Crippen LogP contribution in [-0.2, 0) is 9.05 Å². The highest BCUT2D eigenvalue weighted by Crippen LogP contribution is 2.26. The molecule has 0 amide bonds. The molecule has 0 saturated heterocycles. The Bertz CT molecular complexity index is 306. The van der Waals surface area contributed by atoms with Crippen LogP contribution in [0, 0.1) is 5.92 Å². The average molecular weight is 237 g/mol. The van der Waals surface area contributed by atoms with Gasteiger partial charge in [0.25, 0.3) is 9.05 Å². The van der Waals surface area contributed by atoms with Crippen LogP contribution in [0.5, 0.6) is 0 Å². The average Bonchev–Trinajstić information content (AvgIpc) is 2.02. The van der Waals surface area contributed by atoms with Crippen molar-refractivity contribution in [3.63, 3.8) is 0 Å². The van der Waals surface area contributed by atoms with E-state index in [1.807, 2.05) is 0 Å². The largest absolute Gasteiger partial charge is 0.254 e. The van der Waals surface area contributed by atoms with E-state index < -0.39 is 9.05 Å². The molecule has 0 bridgehead atoms. The minimum absolute atomic E-state index is 0.705. The van der Waals surface area contributed by atoms with Crippen LogP contribution in [-0.4, -0.2) is 8.42 Å². The fourth-order valence-corrected chi connectivity index (χ4v) is 2.87. The second-order valence-electron chi connectivity index (χ2n) is 4.14. The van der Waals surface area contributed by atoms with Crippen molar-refractivity contribution in [1.29, 1.82) is 0 Å². The van der Waals surface area contributed by atoms with E-state index in [0.717, 1.165) is 31.3 Å². The molecule has 0 heterocycles. The molecule has 1 unspecified atom stereocenters. The third-order valence-corrected chi connectivity index (χ3v) is 3.59. The second kappa shape index (κ2) is 5.17. The maximum Gasteiger partial charge on any atom is 0.254 e. The van der Waals surface area contributed by atoms with E-state index in [4.69, 9.17) is 10.7 Å². The summed E-state index contributed by atoms with van der Waals surface area (Å²) in [6.45, 7) is 2.22. The third kappa shape index (κ3) is 5.01. The zero-order valence-corrected chi connectivity index (χ0v) is 10.1. The molecule has 0 radical (unpaired) electrons. The van der Waals surface area contributed by atoms with Crippen LogP contribution in [0.1, 0.15) is 45.4 Å². The summed E-state index contributed by atoms with van der Waals surface area (Å²) in [5, 5.41) is 1.24. The second-order valence-corrected chi connectivity index (χ2v) is 6.62. The van der Waals surface area contributed by atoms with Crippen LogP contribution < -0.4 is 0 Å². The molecule has 0 aromatic rings. The first-order valence-electron chi connectivity index (χ1n) is 5.11. The van der Waals surface area contributed by atoms with Gasteiger partial charge in [-0.25, -0.2) is 8.42 Å². The van der Waals surface area contributed by atoms with Gasteiger partial charge in [-0.05, 0) is 31.6 Å². The summed E-state index contributed by atoms with van der Waals surface area (Å²) in [5.41, 5.74) is 0.992. The first kappa shape index (κ1) is 12.1. The molecule has 1 atom stereocenters. The quantitative estimate of drug-likeness (QED) is 0.654. The molecule has 82 valence electrons. The highest BCUT2D eigenvalue weighted by molar-refractivity contribution is 8.16. The SMILES string of the molecule is CC1CCCC/C(=C/S(=O)(=O)Cl)CC1. The van der Waals surface area contributed by atoms with Crippen LogP contribution in [0.15, 0.2) is 11.0 Å². The zero-order valence-electron chi connectivity index (χ0n) is 8.50. The summed E-state index contributed by atoms with van der Waals surface area (Å²) >= 11 is 0. The molecule has 1 aliphatic carbocycles. The lowest BCUT2D eigenvalue weighted by Crippen LogP contribution is -2.01. The van der Waals surface area contributed by atoms with Gasteiger partial charge in [-0.3, -0.25) is 0 Å². The van der Waals surface area contributed by atoms with E-state index in [1.165, 1.54) is 18.2 Å². The Morgan fingerprint density at radius 1 is 1.29 bits per heavy atom. The minimum Gasteiger partial charge on any atom is -0.208 e. The van der Waals surface area contributed by atoms with Gasteiger partial charge in [0, 0.05) is 16.1 Å². The van der Waals surface area contributed by atoms with Crippen molar-refractivity contribution < 1.29 is 8.42 Å². The van der Waals surface area contributed by atoms with Crippen molar-refractivity contribution in [2.75, 3.05) is 0 Å². The van der Waals surface area contributed by atoms with Crippen molar-refractivity contribution in [3.05, 3.63) is 11.0 Å². The number of halogens is 1. The van der Waals surface area contributed by atoms with Crippen molar-refractivity contribution in [2.24, 2.45) is 5.92 Å². The Morgan fingerprint density at radius 3 is 2.64 bits per heavy atom. The summed E-state index contributed by atoms with van der Waals surface area (Å²) in [7, 11) is 1.73. The van der Waals surface area contributed by atoms with Gasteiger partial charge in [0.15, 0.2) is 0 Å². The maximum absolute atomic E-state index is 10.9. The van der Waals surface area contributed by atoms with Crippen molar-refractivity contribution in [1.82, 2.24) is 0 Å². The van der Waals surface area contributed by atoms with Crippen molar-refractivity contribution >= 4 is 19.7 Å². The van der Waals surface area contributed by atoms with Gasteiger partial charge >= 0.3 is 0 Å². The van der Waals surface area contributed by atoms with Gasteiger partial charge in [-0.15, -0.1) is 0 Å². The number of hydrogen-bond acceptors (Lipinski definition) is 2. The van der Waals surface area contributed by atoms with Gasteiger partial charge in [0.1, 0.15) is 0 Å². The van der Waals surface area contributed by atoms with Crippen LogP contribution in [0.2, 0.25) is 0 Å². The van der Waals surface area contributed by atoms with Gasteiger partial charge in [-0.1, -0.05) is 25.3 Å². The number of rotatable bonds is 1. The lowest BCUT2D eigenvalue weighted by atomic mass is 9.90. The molecule has 0 N–H and O–H groups in total. The van der Waals surface area contributed by atoms with Crippen molar-refractivity contribution in [3.8, 4) is 0 Å². The van der Waals surface area contributed by atoms with Crippen LogP contribution >= 0.6 is 10.7 Å². The Morgan fingerprint density at radius 2 is 2.00 bits per heavy atom. The highest BCUT2D eigenvalue weighted by Gasteiger charge is 2.11. The van der Waals surface area contributed by atoms with Gasteiger partial charge in [-0.2, -0.15) is 0 Å². The summed E-state index contributed by atoms with van der Waals surface area (Å²) in [6.07, 6.45) is 6.40. The lowest BCUT2D eigenvalue weighted by molar-refractivity contribution is 0.441. The van der Waals surface area contributed by atoms with E-state index in [2.05, 4.69) is 6.92 Å². The van der Waals surface area contributed by atoms with E-state index in [-0.39, 0.29) is 0 Å². The first-order chi connectivity index (χ1) is 6.47. The minimum atomic E-state index is -3.46. The molecule has 4 heteroatoms. The van der Waals surface area contributed by atoms with E-state index in [0.29, 0.717) is 5.92 Å². The molecule has 1 saturated carbocycles. The molecule has 0 aromatic heterocycles. The summed E-state index contributed by atoms with van der Waals surface area (Å²) < 4.78 is 21.7. The van der Waals surface area contributed by atoms with Gasteiger partial charge in [0.2, 0.25) is 0 Å². The van der Waals surface area contributed by atoms with E-state index >= 15 is 0 Å². The molecule has 1 rings (SSSR count). The zero-order chi connectivity index (χ0) is 10.6. The van der Waals surface area contributed by atoms with Crippen LogP contribution in [0.4, 0.5) is 0 Å². The fraction of sp³-hybridized carbons (Fsp3) is 0.800. The number of hydrogen-bond donors (Lipinski definition) is 0. The Labute approximate surface area is 90.8 Å². The fourth-order valence-electron chi connectivity index (χ4n) is 1.86. The normalized spacial score (nSPS) is 28.4. The Hall–Kier alpha value is -0.0200. The van der Waals surface area contributed by atoms with E-state index in [1.54, 1.807) is 0 Å². The standard InChI is InChI=1S/C10H17ClO2S/c1-9-4-2-3-5-10(7-6-9)8-14(11,12)13/h8-9H,2-7H2,1H3/b10-8-. The molecular weight excluding hydrogens is 220 g/mol. The molecular formula is C10H17ClO2S. The smallest absolute Gasteiger partial charge is 0.208 e. The number of allylic oxidation sites excluding steroid dienone is 1. The molecule has 0 aliphatic heterocycles. The molecule has 1 fully saturated rings. The molecule has 0 spiro atoms. The predicted octanol–water partition coefficient (Wildman–Crippen LogP) is 3.43. The summed E-state index contributed by atoms with van der Waals surface area (Å²) in [4.78, 5) is 0. The monoisotopic (exact) mass is 236 g/mol. The lowest BCUT2D eigenvalue weighted by Gasteiger charge is -2.16. The molecule has 0 aromatic carbocycles. The first-order valence-corrected chi connectivity index (χ1v) is 7.49. The molecule has 1 aliphatic rings. The molecule has 14 heavy (non-hydrogen) atoms. The molecule has 2 nitrogen and oxygen atoms in total. The Balaban J connectivity index is 2.64. The third-order valence-electron chi connectivity index (χ3n) is 2.71. The highest BCUT2D eigenvalue weighted by atomic mass is 35.7. The Kier molecular flexibility index (Phi) is 4.45. The topological polar surface area (TPSA) is 34.1 Å². The van der Waals surface area contributed by atoms with E-state index in [9.17, 15) is 8.42 Å². The van der Waals surface area contributed by atoms with Crippen LogP contribution in [0.3, 0.4) is 0 Å². The van der Waals surface area contributed by atoms with Crippen LogP contribution in [0.25, 0.3) is 0 Å². The summed E-state index contributed by atoms with van der Waals surface area (Å²) in [5.74, 6) is 0.705. The van der Waals surface area contributed by atoms with Gasteiger partial charge in [0.05, 0.1) is 0 Å². The summed E-state index contributed by atoms with van der Waals surface area (Å²) in [6, 6.07) is 0. The van der Waals surface area contributed by atoms with Gasteiger partial charge < -0.3 is 0 Å².